The Bertz CT molecular complexity index is 400. The molecule has 0 N–H and O–H groups in total. The Morgan fingerprint density at radius 1 is 1.05 bits per heavy atom. The van der Waals surface area contributed by atoms with Crippen LogP contribution < -0.4 is 4.74 Å². The summed E-state index contributed by atoms with van der Waals surface area (Å²) in [5.74, 6) is 1.28. The summed E-state index contributed by atoms with van der Waals surface area (Å²) < 4.78 is 18.4. The molecule has 1 aliphatic rings. The van der Waals surface area contributed by atoms with E-state index in [1.165, 1.54) is 31.8 Å². The lowest BCUT2D eigenvalue weighted by molar-refractivity contribution is 0.117. The largest absolute Gasteiger partial charge is 0.494 e. The van der Waals surface area contributed by atoms with E-state index < -0.39 is 0 Å². The average Bonchev–Trinajstić information content (AvgIpc) is 2.46. The lowest BCUT2D eigenvalue weighted by Crippen LogP contribution is -2.47. The van der Waals surface area contributed by atoms with E-state index in [1.54, 1.807) is 12.1 Å². The SMILES string of the molecule is CC(C)CN1CCN(CCCOc2ccc(F)cc2)CC1. The summed E-state index contributed by atoms with van der Waals surface area (Å²) in [6, 6.07) is 6.23. The van der Waals surface area contributed by atoms with Crippen LogP contribution in [0.15, 0.2) is 24.3 Å². The van der Waals surface area contributed by atoms with E-state index in [1.807, 2.05) is 0 Å². The highest BCUT2D eigenvalue weighted by molar-refractivity contribution is 5.21. The molecule has 1 heterocycles. The second-order valence-corrected chi connectivity index (χ2v) is 6.19. The second kappa shape index (κ2) is 8.35. The minimum Gasteiger partial charge on any atom is -0.494 e. The van der Waals surface area contributed by atoms with Gasteiger partial charge in [-0.3, -0.25) is 0 Å². The minimum absolute atomic E-state index is 0.221. The Hall–Kier alpha value is -1.13. The zero-order valence-corrected chi connectivity index (χ0v) is 13.2. The van der Waals surface area contributed by atoms with E-state index in [0.717, 1.165) is 37.7 Å². The van der Waals surface area contributed by atoms with Crippen molar-refractivity contribution in [3.63, 3.8) is 0 Å². The number of benzene rings is 1. The molecule has 0 amide bonds. The smallest absolute Gasteiger partial charge is 0.123 e. The van der Waals surface area contributed by atoms with Crippen molar-refractivity contribution in [3.05, 3.63) is 30.1 Å². The molecule has 0 radical (unpaired) electrons. The topological polar surface area (TPSA) is 15.7 Å². The monoisotopic (exact) mass is 294 g/mol. The Morgan fingerprint density at radius 3 is 2.29 bits per heavy atom. The molecule has 118 valence electrons. The second-order valence-electron chi connectivity index (χ2n) is 6.19. The molecular weight excluding hydrogens is 267 g/mol. The third-order valence-electron chi connectivity index (χ3n) is 3.79. The van der Waals surface area contributed by atoms with Crippen molar-refractivity contribution in [1.29, 1.82) is 0 Å². The molecule has 1 aromatic rings. The summed E-state index contributed by atoms with van der Waals surface area (Å²) in [6.07, 6.45) is 1.02. The van der Waals surface area contributed by atoms with Gasteiger partial charge in [0, 0.05) is 39.3 Å². The fourth-order valence-corrected chi connectivity index (χ4v) is 2.72. The number of rotatable bonds is 7. The Balaban J connectivity index is 1.56. The molecule has 1 saturated heterocycles. The van der Waals surface area contributed by atoms with Crippen molar-refractivity contribution in [2.24, 2.45) is 5.92 Å². The predicted octanol–water partition coefficient (Wildman–Crippen LogP) is 2.87. The summed E-state index contributed by atoms with van der Waals surface area (Å²) >= 11 is 0. The number of hydrogen-bond donors (Lipinski definition) is 0. The van der Waals surface area contributed by atoms with Crippen LogP contribution in [0.1, 0.15) is 20.3 Å². The van der Waals surface area contributed by atoms with Gasteiger partial charge in [-0.05, 0) is 36.6 Å². The van der Waals surface area contributed by atoms with Gasteiger partial charge in [0.1, 0.15) is 11.6 Å². The van der Waals surface area contributed by atoms with Crippen LogP contribution in [-0.4, -0.2) is 55.7 Å². The molecule has 0 aromatic heterocycles. The van der Waals surface area contributed by atoms with Crippen molar-refractivity contribution in [3.8, 4) is 5.75 Å². The van der Waals surface area contributed by atoms with Gasteiger partial charge in [0.15, 0.2) is 0 Å². The van der Waals surface area contributed by atoms with Gasteiger partial charge in [-0.1, -0.05) is 13.8 Å². The number of piperazine rings is 1. The van der Waals surface area contributed by atoms with Crippen LogP contribution in [0.2, 0.25) is 0 Å². The molecule has 0 atom stereocenters. The van der Waals surface area contributed by atoms with E-state index in [4.69, 9.17) is 4.74 Å². The van der Waals surface area contributed by atoms with Gasteiger partial charge in [-0.15, -0.1) is 0 Å². The van der Waals surface area contributed by atoms with Gasteiger partial charge in [0.25, 0.3) is 0 Å². The summed E-state index contributed by atoms with van der Waals surface area (Å²) in [5.41, 5.74) is 0. The maximum atomic E-state index is 12.8. The van der Waals surface area contributed by atoms with Gasteiger partial charge >= 0.3 is 0 Å². The first-order chi connectivity index (χ1) is 10.1. The molecule has 0 spiro atoms. The first kappa shape index (κ1) is 16.2. The highest BCUT2D eigenvalue weighted by Crippen LogP contribution is 2.11. The van der Waals surface area contributed by atoms with Gasteiger partial charge in [0.05, 0.1) is 6.61 Å². The third kappa shape index (κ3) is 6.02. The minimum atomic E-state index is -0.221. The van der Waals surface area contributed by atoms with Crippen molar-refractivity contribution >= 4 is 0 Å². The highest BCUT2D eigenvalue weighted by Gasteiger charge is 2.16. The molecule has 2 rings (SSSR count). The van der Waals surface area contributed by atoms with E-state index in [2.05, 4.69) is 23.6 Å². The predicted molar refractivity (Wildman–Crippen MR) is 84.2 cm³/mol. The molecule has 4 heteroatoms. The standard InChI is InChI=1S/C17H27FN2O/c1-15(2)14-20-11-9-19(10-12-20)8-3-13-21-17-6-4-16(18)5-7-17/h4-7,15H,3,8-14H2,1-2H3. The fraction of sp³-hybridized carbons (Fsp3) is 0.647. The molecule has 1 aliphatic heterocycles. The van der Waals surface area contributed by atoms with Crippen LogP contribution in [0.5, 0.6) is 5.75 Å². The molecular formula is C17H27FN2O. The number of hydrogen-bond acceptors (Lipinski definition) is 3. The van der Waals surface area contributed by atoms with Crippen molar-refractivity contribution in [2.45, 2.75) is 20.3 Å². The number of nitrogens with zero attached hydrogens (tertiary/aromatic N) is 2. The van der Waals surface area contributed by atoms with E-state index in [9.17, 15) is 4.39 Å². The molecule has 0 aliphatic carbocycles. The summed E-state index contributed by atoms with van der Waals surface area (Å²) in [5, 5.41) is 0. The van der Waals surface area contributed by atoms with Gasteiger partial charge in [0.2, 0.25) is 0 Å². The maximum Gasteiger partial charge on any atom is 0.123 e. The van der Waals surface area contributed by atoms with Crippen molar-refractivity contribution < 1.29 is 9.13 Å². The van der Waals surface area contributed by atoms with E-state index in [-0.39, 0.29) is 5.82 Å². The average molecular weight is 294 g/mol. The Morgan fingerprint density at radius 2 is 1.67 bits per heavy atom. The molecule has 21 heavy (non-hydrogen) atoms. The van der Waals surface area contributed by atoms with Gasteiger partial charge < -0.3 is 14.5 Å². The van der Waals surface area contributed by atoms with Crippen LogP contribution in [-0.2, 0) is 0 Å². The quantitative estimate of drug-likeness (QED) is 0.719. The molecule has 1 fully saturated rings. The first-order valence-electron chi connectivity index (χ1n) is 7.96. The lowest BCUT2D eigenvalue weighted by Gasteiger charge is -2.35. The zero-order valence-electron chi connectivity index (χ0n) is 13.2. The zero-order chi connectivity index (χ0) is 15.1. The lowest BCUT2D eigenvalue weighted by atomic mass is 10.2. The first-order valence-corrected chi connectivity index (χ1v) is 7.96. The van der Waals surface area contributed by atoms with E-state index >= 15 is 0 Å². The molecule has 0 bridgehead atoms. The molecule has 1 aromatic carbocycles. The summed E-state index contributed by atoms with van der Waals surface area (Å²) in [6.45, 7) is 12.2. The summed E-state index contributed by atoms with van der Waals surface area (Å²) in [7, 11) is 0. The fourth-order valence-electron chi connectivity index (χ4n) is 2.72. The third-order valence-corrected chi connectivity index (χ3v) is 3.79. The summed E-state index contributed by atoms with van der Waals surface area (Å²) in [4.78, 5) is 5.06. The number of halogens is 1. The van der Waals surface area contributed by atoms with Crippen LogP contribution in [0.25, 0.3) is 0 Å². The van der Waals surface area contributed by atoms with Crippen LogP contribution in [0, 0.1) is 11.7 Å². The van der Waals surface area contributed by atoms with E-state index in [0.29, 0.717) is 6.61 Å². The normalized spacial score (nSPS) is 17.3. The van der Waals surface area contributed by atoms with Crippen LogP contribution >= 0.6 is 0 Å². The molecule has 0 unspecified atom stereocenters. The Labute approximate surface area is 127 Å². The van der Waals surface area contributed by atoms with Gasteiger partial charge in [-0.25, -0.2) is 4.39 Å². The maximum absolute atomic E-state index is 12.8. The molecule has 0 saturated carbocycles. The highest BCUT2D eigenvalue weighted by atomic mass is 19.1. The van der Waals surface area contributed by atoms with Crippen LogP contribution in [0.3, 0.4) is 0 Å². The van der Waals surface area contributed by atoms with Crippen LogP contribution in [0.4, 0.5) is 4.39 Å². The van der Waals surface area contributed by atoms with Gasteiger partial charge in [-0.2, -0.15) is 0 Å². The van der Waals surface area contributed by atoms with Crippen molar-refractivity contribution in [1.82, 2.24) is 9.80 Å². The van der Waals surface area contributed by atoms with Crippen molar-refractivity contribution in [2.75, 3.05) is 45.9 Å². The molecule has 3 nitrogen and oxygen atoms in total. The number of ether oxygens (including phenoxy) is 1. The Kier molecular flexibility index (Phi) is 6.46.